The van der Waals surface area contributed by atoms with Gasteiger partial charge >= 0.3 is 5.97 Å². The lowest BCUT2D eigenvalue weighted by molar-refractivity contribution is -0.271. The summed E-state index contributed by atoms with van der Waals surface area (Å²) in [6.07, 6.45) is 2.58. The van der Waals surface area contributed by atoms with E-state index in [9.17, 15) is 4.79 Å². The van der Waals surface area contributed by atoms with E-state index in [1.54, 1.807) is 20.1 Å². The van der Waals surface area contributed by atoms with Gasteiger partial charge in [-0.2, -0.15) is 4.89 Å². The zero-order valence-corrected chi connectivity index (χ0v) is 8.33. The van der Waals surface area contributed by atoms with Gasteiger partial charge < -0.3 is 4.74 Å². The Labute approximate surface area is 78.4 Å². The van der Waals surface area contributed by atoms with Crippen molar-refractivity contribution in [1.29, 1.82) is 0 Å². The fourth-order valence-electron chi connectivity index (χ4n) is 0.668. The van der Waals surface area contributed by atoms with Crippen LogP contribution in [-0.4, -0.2) is 26.3 Å². The molecule has 0 amide bonds. The molecule has 0 aliphatic carbocycles. The summed E-state index contributed by atoms with van der Waals surface area (Å²) in [5.41, 5.74) is 0.555. The van der Waals surface area contributed by atoms with Gasteiger partial charge in [0.1, 0.15) is 6.61 Å². The van der Waals surface area contributed by atoms with Crippen LogP contribution in [0.5, 0.6) is 0 Å². The predicted molar refractivity (Wildman–Crippen MR) is 48.0 cm³/mol. The molecular weight excluding hydrogens is 172 g/mol. The van der Waals surface area contributed by atoms with E-state index in [1.807, 2.05) is 6.92 Å². The van der Waals surface area contributed by atoms with Crippen LogP contribution in [-0.2, 0) is 19.3 Å². The molecule has 0 atom stereocenters. The molecule has 0 saturated heterocycles. The van der Waals surface area contributed by atoms with Crippen LogP contribution in [0.3, 0.4) is 0 Å². The standard InChI is InChI=1S/C9H16O4/c1-4-5-8(2)9(10)13-12-7-6-11-3/h5H,4,6-7H2,1-3H3. The highest BCUT2D eigenvalue weighted by Gasteiger charge is 2.05. The van der Waals surface area contributed by atoms with Gasteiger partial charge in [0.2, 0.25) is 0 Å². The van der Waals surface area contributed by atoms with E-state index >= 15 is 0 Å². The molecule has 0 N–H and O–H groups in total. The Morgan fingerprint density at radius 1 is 1.38 bits per heavy atom. The quantitative estimate of drug-likeness (QED) is 0.274. The van der Waals surface area contributed by atoms with Crippen molar-refractivity contribution < 1.29 is 19.3 Å². The molecule has 0 saturated carbocycles. The summed E-state index contributed by atoms with van der Waals surface area (Å²) >= 11 is 0. The molecule has 76 valence electrons. The molecule has 13 heavy (non-hydrogen) atoms. The van der Waals surface area contributed by atoms with E-state index in [2.05, 4.69) is 9.78 Å². The van der Waals surface area contributed by atoms with Gasteiger partial charge in [0.25, 0.3) is 0 Å². The smallest absolute Gasteiger partial charge is 0.368 e. The normalized spacial score (nSPS) is 11.5. The molecule has 0 aliphatic heterocycles. The van der Waals surface area contributed by atoms with E-state index in [4.69, 9.17) is 4.74 Å². The van der Waals surface area contributed by atoms with E-state index in [1.165, 1.54) is 0 Å². The van der Waals surface area contributed by atoms with Crippen molar-refractivity contribution in [3.05, 3.63) is 11.6 Å². The highest BCUT2D eigenvalue weighted by atomic mass is 17.2. The Balaban J connectivity index is 3.56. The van der Waals surface area contributed by atoms with Crippen molar-refractivity contribution in [3.63, 3.8) is 0 Å². The average Bonchev–Trinajstić information content (AvgIpc) is 2.12. The highest BCUT2D eigenvalue weighted by Crippen LogP contribution is 1.98. The second-order valence-corrected chi connectivity index (χ2v) is 2.48. The number of carbonyl (C=O) groups is 1. The summed E-state index contributed by atoms with van der Waals surface area (Å²) in [7, 11) is 1.55. The first kappa shape index (κ1) is 12.1. The molecule has 0 aliphatic rings. The molecule has 0 spiro atoms. The molecule has 0 bridgehead atoms. The molecular formula is C9H16O4. The predicted octanol–water partition coefficient (Wildman–Crippen LogP) is 1.46. The van der Waals surface area contributed by atoms with Gasteiger partial charge in [-0.15, -0.1) is 0 Å². The summed E-state index contributed by atoms with van der Waals surface area (Å²) in [6, 6.07) is 0. The van der Waals surface area contributed by atoms with Gasteiger partial charge in [-0.1, -0.05) is 13.0 Å². The lowest BCUT2D eigenvalue weighted by atomic mass is 10.2. The Morgan fingerprint density at radius 3 is 2.62 bits per heavy atom. The van der Waals surface area contributed by atoms with Crippen molar-refractivity contribution in [2.45, 2.75) is 20.3 Å². The van der Waals surface area contributed by atoms with E-state index in [-0.39, 0.29) is 6.61 Å². The first-order chi connectivity index (χ1) is 6.22. The Hall–Kier alpha value is -0.870. The van der Waals surface area contributed by atoms with Gasteiger partial charge in [0.15, 0.2) is 0 Å². The van der Waals surface area contributed by atoms with Gasteiger partial charge in [0, 0.05) is 12.7 Å². The van der Waals surface area contributed by atoms with E-state index in [0.717, 1.165) is 6.42 Å². The molecule has 4 heteroatoms. The van der Waals surface area contributed by atoms with Gasteiger partial charge in [-0.25, -0.2) is 4.79 Å². The minimum Gasteiger partial charge on any atom is -0.382 e. The summed E-state index contributed by atoms with van der Waals surface area (Å²) in [6.45, 7) is 4.29. The van der Waals surface area contributed by atoms with Crippen molar-refractivity contribution in [2.24, 2.45) is 0 Å². The number of methoxy groups -OCH3 is 1. The van der Waals surface area contributed by atoms with Gasteiger partial charge in [0.05, 0.1) is 6.61 Å². The van der Waals surface area contributed by atoms with Gasteiger partial charge in [-0.3, -0.25) is 4.89 Å². The molecule has 0 aromatic rings. The monoisotopic (exact) mass is 188 g/mol. The lowest BCUT2D eigenvalue weighted by Crippen LogP contribution is -2.09. The van der Waals surface area contributed by atoms with E-state index in [0.29, 0.717) is 12.2 Å². The van der Waals surface area contributed by atoms with Crippen LogP contribution >= 0.6 is 0 Å². The number of allylic oxidation sites excluding steroid dienone is 1. The fourth-order valence-corrected chi connectivity index (χ4v) is 0.668. The van der Waals surface area contributed by atoms with Crippen LogP contribution in [0.4, 0.5) is 0 Å². The van der Waals surface area contributed by atoms with Gasteiger partial charge in [-0.05, 0) is 13.3 Å². The Kier molecular flexibility index (Phi) is 7.24. The molecule has 0 fully saturated rings. The summed E-state index contributed by atoms with van der Waals surface area (Å²) in [5.74, 6) is -0.446. The van der Waals surface area contributed by atoms with Crippen LogP contribution in [0.15, 0.2) is 11.6 Å². The molecule has 0 radical (unpaired) electrons. The number of ether oxygens (including phenoxy) is 1. The van der Waals surface area contributed by atoms with Crippen LogP contribution < -0.4 is 0 Å². The Bertz CT molecular complexity index is 174. The summed E-state index contributed by atoms with van der Waals surface area (Å²) < 4.78 is 4.70. The topological polar surface area (TPSA) is 44.8 Å². The van der Waals surface area contributed by atoms with Crippen LogP contribution in [0.2, 0.25) is 0 Å². The minimum atomic E-state index is -0.446. The maximum absolute atomic E-state index is 11.0. The van der Waals surface area contributed by atoms with Crippen molar-refractivity contribution in [2.75, 3.05) is 20.3 Å². The summed E-state index contributed by atoms with van der Waals surface area (Å²) in [5, 5.41) is 0. The lowest BCUT2D eigenvalue weighted by Gasteiger charge is -2.02. The minimum absolute atomic E-state index is 0.252. The molecule has 0 heterocycles. The molecule has 0 aromatic carbocycles. The number of hydrogen-bond donors (Lipinski definition) is 0. The molecule has 0 aromatic heterocycles. The Morgan fingerprint density at radius 2 is 2.08 bits per heavy atom. The van der Waals surface area contributed by atoms with Crippen LogP contribution in [0, 0.1) is 0 Å². The molecule has 0 rings (SSSR count). The first-order valence-electron chi connectivity index (χ1n) is 4.21. The van der Waals surface area contributed by atoms with Crippen LogP contribution in [0.1, 0.15) is 20.3 Å². The average molecular weight is 188 g/mol. The van der Waals surface area contributed by atoms with Crippen molar-refractivity contribution in [1.82, 2.24) is 0 Å². The zero-order chi connectivity index (χ0) is 10.1. The third kappa shape index (κ3) is 6.31. The zero-order valence-electron chi connectivity index (χ0n) is 8.33. The second-order valence-electron chi connectivity index (χ2n) is 2.48. The largest absolute Gasteiger partial charge is 0.382 e. The van der Waals surface area contributed by atoms with Crippen molar-refractivity contribution >= 4 is 5.97 Å². The second kappa shape index (κ2) is 7.76. The third-order valence-electron chi connectivity index (χ3n) is 1.34. The number of carbonyl (C=O) groups excluding carboxylic acids is 1. The van der Waals surface area contributed by atoms with Crippen LogP contribution in [0.25, 0.3) is 0 Å². The molecule has 4 nitrogen and oxygen atoms in total. The number of hydrogen-bond acceptors (Lipinski definition) is 4. The first-order valence-corrected chi connectivity index (χ1v) is 4.21. The SMILES string of the molecule is CCC=C(C)C(=O)OOCCOC. The molecule has 0 unspecified atom stereocenters. The summed E-state index contributed by atoms with van der Waals surface area (Å²) in [4.78, 5) is 20.1. The maximum atomic E-state index is 11.0. The third-order valence-corrected chi connectivity index (χ3v) is 1.34. The maximum Gasteiger partial charge on any atom is 0.368 e. The highest BCUT2D eigenvalue weighted by molar-refractivity contribution is 5.87. The number of rotatable bonds is 6. The fraction of sp³-hybridized carbons (Fsp3) is 0.667. The van der Waals surface area contributed by atoms with E-state index < -0.39 is 5.97 Å². The van der Waals surface area contributed by atoms with Crippen molar-refractivity contribution in [3.8, 4) is 0 Å².